The van der Waals surface area contributed by atoms with E-state index in [0.29, 0.717) is 22.8 Å². The number of ether oxygens (including phenoxy) is 1. The molecule has 0 heterocycles. The fourth-order valence-corrected chi connectivity index (χ4v) is 10.2. The monoisotopic (exact) mass is 552 g/mol. The van der Waals surface area contributed by atoms with Crippen molar-refractivity contribution in [1.29, 1.82) is 0 Å². The number of hydrogen-bond donors (Lipinski definition) is 1. The second kappa shape index (κ2) is 11.7. The van der Waals surface area contributed by atoms with Gasteiger partial charge in [-0.3, -0.25) is 4.79 Å². The van der Waals surface area contributed by atoms with Gasteiger partial charge in [-0.2, -0.15) is 0 Å². The van der Waals surface area contributed by atoms with Gasteiger partial charge < -0.3 is 9.84 Å². The molecule has 0 bridgehead atoms. The molecule has 3 nitrogen and oxygen atoms in total. The van der Waals surface area contributed by atoms with Crippen molar-refractivity contribution in [2.24, 2.45) is 52.3 Å². The molecule has 0 aromatic heterocycles. The molecule has 4 rings (SSSR count). The SMILES string of the molecule is CC(CCCOC(=O)CBr)CCC[C@@H](C)[C@H]1CC[C@H]2[C@@H]3CCC4C[C@@H](O)CC[C@]4(C)[C@H]3CC[C@]12C. The number of fused-ring (bicyclic) bond motifs is 5. The maximum atomic E-state index is 11.2. The van der Waals surface area contributed by atoms with Crippen LogP contribution in [0.4, 0.5) is 0 Å². The molecule has 0 aliphatic heterocycles. The summed E-state index contributed by atoms with van der Waals surface area (Å²) in [5.74, 6) is 5.89. The maximum Gasteiger partial charge on any atom is 0.316 e. The smallest absolute Gasteiger partial charge is 0.316 e. The molecule has 1 N–H and O–H groups in total. The molecule has 0 aromatic rings. The fourth-order valence-electron chi connectivity index (χ4n) is 10.0. The van der Waals surface area contributed by atoms with Crippen molar-refractivity contribution in [3.05, 3.63) is 0 Å². The van der Waals surface area contributed by atoms with Gasteiger partial charge >= 0.3 is 5.97 Å². The summed E-state index contributed by atoms with van der Waals surface area (Å²) in [6.07, 6.45) is 18.1. The van der Waals surface area contributed by atoms with Crippen LogP contribution in [-0.2, 0) is 9.53 Å². The van der Waals surface area contributed by atoms with E-state index in [2.05, 4.69) is 43.6 Å². The molecule has 4 heteroatoms. The molecule has 0 saturated heterocycles. The first-order chi connectivity index (χ1) is 16.7. The molecule has 4 aliphatic carbocycles. The minimum absolute atomic E-state index is 0.0327. The van der Waals surface area contributed by atoms with Crippen LogP contribution < -0.4 is 0 Å². The summed E-state index contributed by atoms with van der Waals surface area (Å²) in [5, 5.41) is 10.6. The summed E-state index contributed by atoms with van der Waals surface area (Å²) < 4.78 is 5.19. The Morgan fingerprint density at radius 3 is 2.43 bits per heavy atom. The number of aliphatic hydroxyl groups is 1. The summed E-state index contributed by atoms with van der Waals surface area (Å²) in [6.45, 7) is 10.8. The summed E-state index contributed by atoms with van der Waals surface area (Å²) in [5.41, 5.74) is 1.05. The van der Waals surface area contributed by atoms with E-state index in [1.165, 1.54) is 64.2 Å². The van der Waals surface area contributed by atoms with E-state index in [1.54, 1.807) is 0 Å². The van der Waals surface area contributed by atoms with Crippen molar-refractivity contribution >= 4 is 21.9 Å². The van der Waals surface area contributed by atoms with Crippen LogP contribution in [0.1, 0.15) is 118 Å². The zero-order valence-corrected chi connectivity index (χ0v) is 24.7. The first-order valence-electron chi connectivity index (χ1n) is 15.1. The van der Waals surface area contributed by atoms with Gasteiger partial charge in [0.05, 0.1) is 12.7 Å². The standard InChI is InChI=1S/C31H53BrO3/c1-21(8-6-18-35-29(34)20-32)7-5-9-22(2)26-12-13-27-25-11-10-23-19-24(33)14-16-30(23,3)28(25)15-17-31(26,27)4/h21-28,33H,5-20H2,1-4H3/t21?,22-,23?,24+,25+,26-,27+,28+,30+,31-/m1/s1. The molecule has 4 aliphatic rings. The van der Waals surface area contributed by atoms with Crippen molar-refractivity contribution in [2.45, 2.75) is 124 Å². The zero-order chi connectivity index (χ0) is 25.2. The molecule has 202 valence electrons. The lowest BCUT2D eigenvalue weighted by Gasteiger charge is -2.61. The number of alkyl halides is 1. The summed E-state index contributed by atoms with van der Waals surface area (Å²) in [4.78, 5) is 11.2. The number of halogens is 1. The van der Waals surface area contributed by atoms with Crippen molar-refractivity contribution in [3.63, 3.8) is 0 Å². The lowest BCUT2D eigenvalue weighted by atomic mass is 9.44. The number of rotatable bonds is 10. The van der Waals surface area contributed by atoms with Gasteiger partial charge in [-0.05, 0) is 123 Å². The number of esters is 1. The second-order valence-electron chi connectivity index (χ2n) is 13.8. The van der Waals surface area contributed by atoms with Crippen LogP contribution >= 0.6 is 15.9 Å². The quantitative estimate of drug-likeness (QED) is 0.169. The van der Waals surface area contributed by atoms with E-state index in [0.717, 1.165) is 67.1 Å². The average molecular weight is 554 g/mol. The molecular formula is C31H53BrO3. The Kier molecular flexibility index (Phi) is 9.38. The van der Waals surface area contributed by atoms with Crippen molar-refractivity contribution in [3.8, 4) is 0 Å². The van der Waals surface area contributed by atoms with Crippen LogP contribution in [0.3, 0.4) is 0 Å². The Morgan fingerprint density at radius 2 is 1.66 bits per heavy atom. The Morgan fingerprint density at radius 1 is 0.943 bits per heavy atom. The van der Waals surface area contributed by atoms with Gasteiger partial charge in [-0.1, -0.05) is 62.9 Å². The number of carbonyl (C=O) groups is 1. The van der Waals surface area contributed by atoms with E-state index >= 15 is 0 Å². The van der Waals surface area contributed by atoms with Crippen LogP contribution in [0, 0.1) is 52.3 Å². The maximum absolute atomic E-state index is 11.2. The lowest BCUT2D eigenvalue weighted by Crippen LogP contribution is -2.54. The largest absolute Gasteiger partial charge is 0.465 e. The van der Waals surface area contributed by atoms with Crippen LogP contribution in [0.15, 0.2) is 0 Å². The molecule has 2 unspecified atom stereocenters. The predicted molar refractivity (Wildman–Crippen MR) is 147 cm³/mol. The topological polar surface area (TPSA) is 46.5 Å². The second-order valence-corrected chi connectivity index (χ2v) is 14.4. The van der Waals surface area contributed by atoms with Gasteiger partial charge in [0.2, 0.25) is 0 Å². The average Bonchev–Trinajstić information content (AvgIpc) is 3.19. The minimum atomic E-state index is -0.149. The Bertz CT molecular complexity index is 711. The summed E-state index contributed by atoms with van der Waals surface area (Å²) in [6, 6.07) is 0. The molecule has 35 heavy (non-hydrogen) atoms. The highest BCUT2D eigenvalue weighted by Crippen LogP contribution is 2.68. The molecule has 4 saturated carbocycles. The first-order valence-corrected chi connectivity index (χ1v) is 16.2. The lowest BCUT2D eigenvalue weighted by molar-refractivity contribution is -0.140. The molecule has 0 aromatic carbocycles. The molecule has 0 radical (unpaired) electrons. The zero-order valence-electron chi connectivity index (χ0n) is 23.1. The number of carbonyl (C=O) groups excluding carboxylic acids is 1. The Hall–Kier alpha value is -0.0900. The Balaban J connectivity index is 1.26. The number of hydrogen-bond acceptors (Lipinski definition) is 3. The predicted octanol–water partition coefficient (Wildman–Crippen LogP) is 8.17. The van der Waals surface area contributed by atoms with Crippen LogP contribution in [0.2, 0.25) is 0 Å². The molecular weight excluding hydrogens is 500 g/mol. The highest BCUT2D eigenvalue weighted by Gasteiger charge is 2.60. The minimum Gasteiger partial charge on any atom is -0.465 e. The van der Waals surface area contributed by atoms with Gasteiger partial charge in [0.25, 0.3) is 0 Å². The summed E-state index contributed by atoms with van der Waals surface area (Å²) in [7, 11) is 0. The van der Waals surface area contributed by atoms with Gasteiger partial charge in [0.15, 0.2) is 0 Å². The normalized spacial score (nSPS) is 42.5. The van der Waals surface area contributed by atoms with Gasteiger partial charge in [-0.15, -0.1) is 0 Å². The van der Waals surface area contributed by atoms with E-state index in [4.69, 9.17) is 4.74 Å². The molecule has 10 atom stereocenters. The number of aliphatic hydroxyl groups excluding tert-OH is 1. The molecule has 0 amide bonds. The van der Waals surface area contributed by atoms with Crippen molar-refractivity contribution in [2.75, 3.05) is 11.9 Å². The van der Waals surface area contributed by atoms with Crippen molar-refractivity contribution in [1.82, 2.24) is 0 Å². The van der Waals surface area contributed by atoms with Gasteiger partial charge in [0, 0.05) is 0 Å². The van der Waals surface area contributed by atoms with Crippen LogP contribution in [-0.4, -0.2) is 29.1 Å². The first kappa shape index (κ1) is 27.9. The highest BCUT2D eigenvalue weighted by atomic mass is 79.9. The molecule has 4 fully saturated rings. The fraction of sp³-hybridized carbons (Fsp3) is 0.968. The van der Waals surface area contributed by atoms with Crippen LogP contribution in [0.5, 0.6) is 0 Å². The van der Waals surface area contributed by atoms with E-state index in [1.807, 2.05) is 0 Å². The van der Waals surface area contributed by atoms with Gasteiger partial charge in [0.1, 0.15) is 5.33 Å². The molecule has 0 spiro atoms. The van der Waals surface area contributed by atoms with E-state index in [-0.39, 0.29) is 12.1 Å². The van der Waals surface area contributed by atoms with E-state index in [9.17, 15) is 9.90 Å². The third-order valence-corrected chi connectivity index (χ3v) is 12.4. The third-order valence-electron chi connectivity index (χ3n) is 12.0. The van der Waals surface area contributed by atoms with Crippen molar-refractivity contribution < 1.29 is 14.6 Å². The summed E-state index contributed by atoms with van der Waals surface area (Å²) >= 11 is 3.15. The highest BCUT2D eigenvalue weighted by molar-refractivity contribution is 9.09. The van der Waals surface area contributed by atoms with Gasteiger partial charge in [-0.25, -0.2) is 0 Å². The van der Waals surface area contributed by atoms with Crippen LogP contribution in [0.25, 0.3) is 0 Å². The third kappa shape index (κ3) is 5.84. The van der Waals surface area contributed by atoms with E-state index < -0.39 is 0 Å². The Labute approximate surface area is 224 Å².